The van der Waals surface area contributed by atoms with E-state index in [-0.39, 0.29) is 6.61 Å². The van der Waals surface area contributed by atoms with Crippen molar-refractivity contribution in [3.63, 3.8) is 0 Å². The lowest BCUT2D eigenvalue weighted by Crippen LogP contribution is -2.68. The van der Waals surface area contributed by atoms with Crippen LogP contribution >= 0.6 is 0 Å². The molecule has 1 unspecified atom stereocenters. The molecule has 0 saturated carbocycles. The molecule has 0 radical (unpaired) electrons. The van der Waals surface area contributed by atoms with Crippen LogP contribution in [-0.4, -0.2) is 80.6 Å². The molecule has 9 nitrogen and oxygen atoms in total. The van der Waals surface area contributed by atoms with Gasteiger partial charge >= 0.3 is 0 Å². The average molecular weight is 321 g/mol. The number of hydrogen-bond acceptors (Lipinski definition) is 8. The fraction of sp³-hybridized carbons (Fsp3) is 0.692. The van der Waals surface area contributed by atoms with Gasteiger partial charge in [0.15, 0.2) is 0 Å². The summed E-state index contributed by atoms with van der Waals surface area (Å²) in [5.74, 6) is -2.13. The van der Waals surface area contributed by atoms with Crippen LogP contribution in [0.1, 0.15) is 13.8 Å². The lowest BCUT2D eigenvalue weighted by molar-refractivity contribution is -0.191. The molecule has 0 aromatic carbocycles. The largest absolute Gasteiger partial charge is 0.394 e. The molecule has 6 N–H and O–H groups in total. The van der Waals surface area contributed by atoms with Crippen LogP contribution in [0.2, 0.25) is 0 Å². The highest BCUT2D eigenvalue weighted by atomic mass is 16.5. The summed E-state index contributed by atoms with van der Waals surface area (Å²) < 4.78 is 4.99. The molecule has 0 fully saturated rings. The molecule has 1 amide bonds. The predicted molar refractivity (Wildman–Crippen MR) is 74.5 cm³/mol. The number of nitrogens with one attached hydrogen (secondary N) is 1. The van der Waals surface area contributed by atoms with Crippen LogP contribution in [-0.2, 0) is 14.3 Å². The molecular weight excluding hydrogens is 298 g/mol. The fourth-order valence-electron chi connectivity index (χ4n) is 1.72. The van der Waals surface area contributed by atoms with Gasteiger partial charge in [0.1, 0.15) is 24.4 Å². The number of aliphatic hydroxyl groups is 5. The number of rotatable bonds is 10. The lowest BCUT2D eigenvalue weighted by Gasteiger charge is -2.36. The molecule has 128 valence electrons. The number of ketones is 1. The van der Waals surface area contributed by atoms with Crippen molar-refractivity contribution in [2.24, 2.45) is 0 Å². The summed E-state index contributed by atoms with van der Waals surface area (Å²) in [7, 11) is 0. The highest BCUT2D eigenvalue weighted by Crippen LogP contribution is 2.18. The number of aliphatic hydroxyl groups excluding tert-OH is 4. The maximum Gasteiger partial charge on any atom is 0.245 e. The summed E-state index contributed by atoms with van der Waals surface area (Å²) in [6.07, 6.45) is -6.72. The molecule has 5 atom stereocenters. The van der Waals surface area contributed by atoms with Gasteiger partial charge in [-0.3, -0.25) is 9.59 Å². The summed E-state index contributed by atoms with van der Waals surface area (Å²) in [5.41, 5.74) is -2.94. The Hall–Kier alpha value is -1.36. The molecule has 0 spiro atoms. The van der Waals surface area contributed by atoms with Gasteiger partial charge in [-0.25, -0.2) is 0 Å². The van der Waals surface area contributed by atoms with Crippen molar-refractivity contribution in [1.29, 1.82) is 0 Å². The summed E-state index contributed by atoms with van der Waals surface area (Å²) in [5, 5.41) is 49.9. The van der Waals surface area contributed by atoms with Gasteiger partial charge in [-0.05, 0) is 19.9 Å². The fourth-order valence-corrected chi connectivity index (χ4v) is 1.72. The van der Waals surface area contributed by atoms with Crippen molar-refractivity contribution in [2.75, 3.05) is 13.2 Å². The normalized spacial score (nSPS) is 19.4. The third kappa shape index (κ3) is 4.83. The first-order valence-electron chi connectivity index (χ1n) is 6.63. The molecule has 9 heteroatoms. The zero-order valence-corrected chi connectivity index (χ0v) is 12.5. The molecule has 0 aromatic rings. The summed E-state index contributed by atoms with van der Waals surface area (Å²) in [6.45, 7) is 5.20. The van der Waals surface area contributed by atoms with Crippen molar-refractivity contribution >= 4 is 11.7 Å². The molecule has 0 heterocycles. The number of ether oxygens (including phenoxy) is 1. The average Bonchev–Trinajstić information content (AvgIpc) is 2.51. The zero-order chi connectivity index (χ0) is 17.5. The van der Waals surface area contributed by atoms with E-state index in [0.717, 1.165) is 6.08 Å². The number of hydrogen-bond donors (Lipinski definition) is 6. The Morgan fingerprint density at radius 2 is 1.91 bits per heavy atom. The van der Waals surface area contributed by atoms with Crippen LogP contribution in [0.15, 0.2) is 12.7 Å². The maximum atomic E-state index is 12.2. The van der Waals surface area contributed by atoms with Gasteiger partial charge < -0.3 is 35.6 Å². The highest BCUT2D eigenvalue weighted by molar-refractivity contribution is 5.97. The van der Waals surface area contributed by atoms with E-state index in [1.54, 1.807) is 6.92 Å². The SMILES string of the molecule is C=CC(=O)N[C@](O)(C(=O)C(C)OCC)[C@@H](O)[C@H](O)[C@H](O)CO. The number of carbonyl (C=O) groups excluding carboxylic acids is 2. The van der Waals surface area contributed by atoms with Crippen LogP contribution in [0.5, 0.6) is 0 Å². The second kappa shape index (κ2) is 8.93. The summed E-state index contributed by atoms with van der Waals surface area (Å²) >= 11 is 0. The minimum Gasteiger partial charge on any atom is -0.394 e. The van der Waals surface area contributed by atoms with Gasteiger partial charge in [0.25, 0.3) is 0 Å². The Morgan fingerprint density at radius 1 is 1.36 bits per heavy atom. The molecule has 0 aliphatic carbocycles. The van der Waals surface area contributed by atoms with Crippen LogP contribution in [0.4, 0.5) is 0 Å². The van der Waals surface area contributed by atoms with Crippen molar-refractivity contribution < 1.29 is 39.9 Å². The Bertz CT molecular complexity index is 402. The zero-order valence-electron chi connectivity index (χ0n) is 12.5. The molecule has 0 aliphatic heterocycles. The topological polar surface area (TPSA) is 157 Å². The van der Waals surface area contributed by atoms with Gasteiger partial charge in [0.2, 0.25) is 17.4 Å². The Kier molecular flexibility index (Phi) is 8.38. The summed E-state index contributed by atoms with van der Waals surface area (Å²) in [6, 6.07) is 0. The van der Waals surface area contributed by atoms with Crippen molar-refractivity contribution in [1.82, 2.24) is 5.32 Å². The van der Waals surface area contributed by atoms with E-state index in [1.165, 1.54) is 6.92 Å². The van der Waals surface area contributed by atoms with Gasteiger partial charge in [-0.2, -0.15) is 0 Å². The van der Waals surface area contributed by atoms with Crippen LogP contribution in [0, 0.1) is 0 Å². The minimum atomic E-state index is -2.94. The van der Waals surface area contributed by atoms with Crippen molar-refractivity contribution in [3.8, 4) is 0 Å². The Balaban J connectivity index is 5.54. The Labute approximate surface area is 127 Å². The van der Waals surface area contributed by atoms with E-state index in [0.29, 0.717) is 0 Å². The van der Waals surface area contributed by atoms with Crippen molar-refractivity contribution in [2.45, 2.75) is 44.0 Å². The van der Waals surface area contributed by atoms with Crippen molar-refractivity contribution in [3.05, 3.63) is 12.7 Å². The third-order valence-corrected chi connectivity index (χ3v) is 2.99. The first kappa shape index (κ1) is 20.6. The van der Waals surface area contributed by atoms with E-state index in [2.05, 4.69) is 6.58 Å². The molecule has 0 saturated heterocycles. The molecule has 0 aromatic heterocycles. The van der Waals surface area contributed by atoms with Crippen LogP contribution in [0.3, 0.4) is 0 Å². The van der Waals surface area contributed by atoms with Gasteiger partial charge in [0.05, 0.1) is 6.61 Å². The second-order valence-corrected chi connectivity index (χ2v) is 4.61. The van der Waals surface area contributed by atoms with E-state index in [4.69, 9.17) is 9.84 Å². The first-order chi connectivity index (χ1) is 10.1. The van der Waals surface area contributed by atoms with E-state index >= 15 is 0 Å². The van der Waals surface area contributed by atoms with Crippen LogP contribution in [0.25, 0.3) is 0 Å². The molecule has 0 rings (SSSR count). The smallest absolute Gasteiger partial charge is 0.245 e. The van der Waals surface area contributed by atoms with Crippen LogP contribution < -0.4 is 5.32 Å². The number of Topliss-reactive ketones (excluding diaryl/α,β-unsaturated/α-hetero) is 1. The number of carbonyl (C=O) groups is 2. The maximum absolute atomic E-state index is 12.2. The monoisotopic (exact) mass is 321 g/mol. The predicted octanol–water partition coefficient (Wildman–Crippen LogP) is -2.95. The van der Waals surface area contributed by atoms with E-state index in [1.807, 2.05) is 5.32 Å². The summed E-state index contributed by atoms with van der Waals surface area (Å²) in [4.78, 5) is 23.6. The second-order valence-electron chi connectivity index (χ2n) is 4.61. The molecule has 0 aliphatic rings. The van der Waals surface area contributed by atoms with Gasteiger partial charge in [-0.1, -0.05) is 6.58 Å². The molecular formula is C13H23NO8. The van der Waals surface area contributed by atoms with Gasteiger partial charge in [-0.15, -0.1) is 0 Å². The molecule has 0 bridgehead atoms. The van der Waals surface area contributed by atoms with E-state index < -0.39 is 48.4 Å². The van der Waals surface area contributed by atoms with Gasteiger partial charge in [0, 0.05) is 6.61 Å². The standard InChI is InChI=1S/C13H23NO8/c1-4-9(17)14-13(21,11(19)7(3)22-5-2)12(20)10(18)8(16)6-15/h4,7-8,10,12,15-16,18,20-21H,1,5-6H2,2-3H3,(H,14,17)/t7?,8-,10-,12+,13+/m1/s1. The number of amides is 1. The third-order valence-electron chi connectivity index (χ3n) is 2.99. The molecule has 22 heavy (non-hydrogen) atoms. The minimum absolute atomic E-state index is 0.121. The van der Waals surface area contributed by atoms with E-state index in [9.17, 15) is 30.0 Å². The highest BCUT2D eigenvalue weighted by Gasteiger charge is 2.50. The lowest BCUT2D eigenvalue weighted by atomic mass is 9.91. The first-order valence-corrected chi connectivity index (χ1v) is 6.63. The quantitative estimate of drug-likeness (QED) is 0.184. The Morgan fingerprint density at radius 3 is 2.32 bits per heavy atom.